The summed E-state index contributed by atoms with van der Waals surface area (Å²) in [5, 5.41) is 4.55. The average Bonchev–Trinajstić information content (AvgIpc) is 2.86. The van der Waals surface area contributed by atoms with Gasteiger partial charge in [0.25, 0.3) is 0 Å². The van der Waals surface area contributed by atoms with Gasteiger partial charge in [0.1, 0.15) is 0 Å². The Bertz CT molecular complexity index is 200. The van der Waals surface area contributed by atoms with Crippen LogP contribution in [0.25, 0.3) is 0 Å². The highest BCUT2D eigenvalue weighted by Crippen LogP contribution is 2.09. The van der Waals surface area contributed by atoms with Crippen molar-refractivity contribution in [1.29, 1.82) is 0 Å². The molecule has 0 unspecified atom stereocenters. The van der Waals surface area contributed by atoms with E-state index in [1.807, 2.05) is 11.8 Å². The topological polar surface area (TPSA) is 27.6 Å². The van der Waals surface area contributed by atoms with Crippen LogP contribution in [0.4, 0.5) is 0 Å². The first kappa shape index (κ1) is 10.3. The predicted molar refractivity (Wildman–Crippen MR) is 63.1 cm³/mol. The molecule has 2 aliphatic rings. The number of hydrogen-bond donors (Lipinski definition) is 1. The van der Waals surface area contributed by atoms with E-state index in [1.54, 1.807) is 0 Å². The van der Waals surface area contributed by atoms with Crippen LogP contribution < -0.4 is 5.32 Å². The second-order valence-corrected chi connectivity index (χ2v) is 4.95. The van der Waals surface area contributed by atoms with E-state index in [2.05, 4.69) is 15.2 Å². The van der Waals surface area contributed by atoms with Gasteiger partial charge in [-0.05, 0) is 38.9 Å². The summed E-state index contributed by atoms with van der Waals surface area (Å²) in [6, 6.07) is 0. The SMILES string of the molecule is C1CCN(CCCNC2=NCCS2)C1. The van der Waals surface area contributed by atoms with E-state index < -0.39 is 0 Å². The Labute approximate surface area is 90.3 Å². The molecule has 0 atom stereocenters. The smallest absolute Gasteiger partial charge is 0.156 e. The quantitative estimate of drug-likeness (QED) is 0.710. The van der Waals surface area contributed by atoms with Gasteiger partial charge in [-0.3, -0.25) is 4.99 Å². The number of hydrogen-bond acceptors (Lipinski definition) is 4. The van der Waals surface area contributed by atoms with Crippen LogP contribution in [-0.2, 0) is 0 Å². The van der Waals surface area contributed by atoms with Crippen LogP contribution in [0, 0.1) is 0 Å². The molecule has 14 heavy (non-hydrogen) atoms. The molecular weight excluding hydrogens is 194 g/mol. The van der Waals surface area contributed by atoms with E-state index in [1.165, 1.54) is 38.9 Å². The van der Waals surface area contributed by atoms with Crippen molar-refractivity contribution in [2.75, 3.05) is 38.5 Å². The number of nitrogens with zero attached hydrogens (tertiary/aromatic N) is 2. The maximum absolute atomic E-state index is 4.36. The second kappa shape index (κ2) is 5.61. The molecule has 0 saturated carbocycles. The Morgan fingerprint density at radius 1 is 1.36 bits per heavy atom. The molecule has 80 valence electrons. The van der Waals surface area contributed by atoms with Gasteiger partial charge in [0.2, 0.25) is 0 Å². The minimum Gasteiger partial charge on any atom is -0.365 e. The molecule has 4 heteroatoms. The van der Waals surface area contributed by atoms with Crippen molar-refractivity contribution in [3.05, 3.63) is 0 Å². The Morgan fingerprint density at radius 3 is 2.93 bits per heavy atom. The summed E-state index contributed by atoms with van der Waals surface area (Å²) in [6.45, 7) is 5.97. The van der Waals surface area contributed by atoms with Crippen molar-refractivity contribution in [1.82, 2.24) is 10.2 Å². The third-order valence-electron chi connectivity index (χ3n) is 2.71. The molecule has 1 fully saturated rings. The van der Waals surface area contributed by atoms with E-state index in [0.717, 1.165) is 24.0 Å². The molecule has 0 aromatic carbocycles. The third-order valence-corrected chi connectivity index (χ3v) is 3.65. The first-order valence-electron chi connectivity index (χ1n) is 5.58. The van der Waals surface area contributed by atoms with Gasteiger partial charge >= 0.3 is 0 Å². The van der Waals surface area contributed by atoms with Crippen LogP contribution in [0.15, 0.2) is 4.99 Å². The van der Waals surface area contributed by atoms with Crippen molar-refractivity contribution in [3.63, 3.8) is 0 Å². The molecule has 0 spiro atoms. The summed E-state index contributed by atoms with van der Waals surface area (Å²) in [6.07, 6.45) is 4.05. The lowest BCUT2D eigenvalue weighted by molar-refractivity contribution is 0.334. The molecule has 0 aromatic rings. The van der Waals surface area contributed by atoms with Crippen molar-refractivity contribution in [2.45, 2.75) is 19.3 Å². The van der Waals surface area contributed by atoms with Gasteiger partial charge in [-0.1, -0.05) is 11.8 Å². The van der Waals surface area contributed by atoms with Crippen molar-refractivity contribution in [2.24, 2.45) is 4.99 Å². The second-order valence-electron chi connectivity index (χ2n) is 3.86. The summed E-state index contributed by atoms with van der Waals surface area (Å²) >= 11 is 1.85. The van der Waals surface area contributed by atoms with Gasteiger partial charge in [-0.15, -0.1) is 0 Å². The zero-order valence-electron chi connectivity index (χ0n) is 8.67. The Hall–Kier alpha value is -0.220. The molecule has 0 amide bonds. The van der Waals surface area contributed by atoms with Crippen molar-refractivity contribution < 1.29 is 0 Å². The van der Waals surface area contributed by atoms with Crippen LogP contribution in [-0.4, -0.2) is 48.5 Å². The van der Waals surface area contributed by atoms with Gasteiger partial charge < -0.3 is 10.2 Å². The standard InChI is InChI=1S/C10H19N3S/c1-2-7-13(6-1)8-3-4-11-10-12-5-9-14-10/h1-9H2,(H,11,12). The number of nitrogens with one attached hydrogen (secondary N) is 1. The molecule has 1 saturated heterocycles. The highest BCUT2D eigenvalue weighted by Gasteiger charge is 2.10. The van der Waals surface area contributed by atoms with Crippen molar-refractivity contribution in [3.8, 4) is 0 Å². The lowest BCUT2D eigenvalue weighted by Gasteiger charge is -2.14. The molecule has 2 heterocycles. The van der Waals surface area contributed by atoms with Gasteiger partial charge in [0, 0.05) is 12.3 Å². The highest BCUT2D eigenvalue weighted by molar-refractivity contribution is 8.14. The van der Waals surface area contributed by atoms with Gasteiger partial charge in [0.15, 0.2) is 5.17 Å². The van der Waals surface area contributed by atoms with Gasteiger partial charge in [0.05, 0.1) is 6.54 Å². The first-order valence-corrected chi connectivity index (χ1v) is 6.57. The molecule has 0 radical (unpaired) electrons. The monoisotopic (exact) mass is 213 g/mol. The van der Waals surface area contributed by atoms with Gasteiger partial charge in [-0.25, -0.2) is 0 Å². The van der Waals surface area contributed by atoms with E-state index in [-0.39, 0.29) is 0 Å². The summed E-state index contributed by atoms with van der Waals surface area (Å²) < 4.78 is 0. The van der Waals surface area contributed by atoms with Crippen molar-refractivity contribution >= 4 is 16.9 Å². The lowest BCUT2D eigenvalue weighted by atomic mass is 10.4. The Morgan fingerprint density at radius 2 is 2.21 bits per heavy atom. The summed E-state index contributed by atoms with van der Waals surface area (Å²) in [5.41, 5.74) is 0. The highest BCUT2D eigenvalue weighted by atomic mass is 32.2. The fraction of sp³-hybridized carbons (Fsp3) is 0.900. The van der Waals surface area contributed by atoms with Crippen LogP contribution in [0.1, 0.15) is 19.3 Å². The summed E-state index contributed by atoms with van der Waals surface area (Å²) in [4.78, 5) is 6.92. The first-order chi connectivity index (χ1) is 6.95. The van der Waals surface area contributed by atoms with E-state index >= 15 is 0 Å². The molecule has 1 N–H and O–H groups in total. The number of amidine groups is 1. The van der Waals surface area contributed by atoms with E-state index in [4.69, 9.17) is 0 Å². The Kier molecular flexibility index (Phi) is 4.13. The lowest BCUT2D eigenvalue weighted by Crippen LogP contribution is -2.26. The zero-order valence-corrected chi connectivity index (χ0v) is 9.48. The number of likely N-dealkylation sites (tertiary alicyclic amines) is 1. The molecule has 0 bridgehead atoms. The minimum absolute atomic E-state index is 0.999. The number of rotatable bonds is 4. The van der Waals surface area contributed by atoms with Crippen LogP contribution in [0.5, 0.6) is 0 Å². The van der Waals surface area contributed by atoms with E-state index in [9.17, 15) is 0 Å². The predicted octanol–water partition coefficient (Wildman–Crippen LogP) is 1.16. The minimum atomic E-state index is 0.999. The molecule has 3 nitrogen and oxygen atoms in total. The van der Waals surface area contributed by atoms with Crippen LogP contribution in [0.3, 0.4) is 0 Å². The molecule has 0 aliphatic carbocycles. The normalized spacial score (nSPS) is 22.7. The Balaban J connectivity index is 1.50. The largest absolute Gasteiger partial charge is 0.365 e. The summed E-state index contributed by atoms with van der Waals surface area (Å²) in [7, 11) is 0. The zero-order chi connectivity index (χ0) is 9.64. The van der Waals surface area contributed by atoms with Crippen LogP contribution >= 0.6 is 11.8 Å². The molecular formula is C10H19N3S. The number of thioether (sulfide) groups is 1. The maximum atomic E-state index is 4.36. The average molecular weight is 213 g/mol. The third kappa shape index (κ3) is 3.17. The maximum Gasteiger partial charge on any atom is 0.156 e. The van der Waals surface area contributed by atoms with Gasteiger partial charge in [-0.2, -0.15) is 0 Å². The molecule has 2 rings (SSSR count). The fourth-order valence-corrected chi connectivity index (χ4v) is 2.71. The molecule has 0 aromatic heterocycles. The molecule has 2 aliphatic heterocycles. The van der Waals surface area contributed by atoms with Crippen LogP contribution in [0.2, 0.25) is 0 Å². The summed E-state index contributed by atoms with van der Waals surface area (Å²) in [5.74, 6) is 1.16. The van der Waals surface area contributed by atoms with E-state index in [0.29, 0.717) is 0 Å². The fourth-order valence-electron chi connectivity index (χ4n) is 1.95. The number of aliphatic imine (C=N–C) groups is 1.